The summed E-state index contributed by atoms with van der Waals surface area (Å²) in [6.45, 7) is 8.51. The van der Waals surface area contributed by atoms with Gasteiger partial charge in [0.15, 0.2) is 5.65 Å². The average molecular weight is 348 g/mol. The van der Waals surface area contributed by atoms with Crippen LogP contribution in [0.25, 0.3) is 16.8 Å². The molecule has 0 radical (unpaired) electrons. The molecule has 9 heteroatoms. The highest BCUT2D eigenvalue weighted by Gasteiger charge is 2.22. The van der Waals surface area contributed by atoms with E-state index in [9.17, 15) is 8.42 Å². The summed E-state index contributed by atoms with van der Waals surface area (Å²) in [5.74, 6) is 0. The molecule has 24 heavy (non-hydrogen) atoms. The number of hydrogen-bond acceptors (Lipinski definition) is 5. The molecule has 0 saturated heterocycles. The van der Waals surface area contributed by atoms with Crippen LogP contribution in [0.1, 0.15) is 30.4 Å². The highest BCUT2D eigenvalue weighted by molar-refractivity contribution is 7.89. The Morgan fingerprint density at radius 1 is 1.17 bits per heavy atom. The molecule has 0 aliphatic rings. The van der Waals surface area contributed by atoms with E-state index >= 15 is 0 Å². The Bertz CT molecular complexity index is 1030. The van der Waals surface area contributed by atoms with Crippen molar-refractivity contribution in [2.24, 2.45) is 5.14 Å². The van der Waals surface area contributed by atoms with E-state index < -0.39 is 10.0 Å². The summed E-state index contributed by atoms with van der Waals surface area (Å²) in [7, 11) is -3.88. The first kappa shape index (κ1) is 16.6. The fourth-order valence-corrected chi connectivity index (χ4v) is 3.88. The minimum absolute atomic E-state index is 0.0378. The minimum atomic E-state index is -3.88. The largest absolute Gasteiger partial charge is 0.269 e. The van der Waals surface area contributed by atoms with Crippen LogP contribution < -0.4 is 5.14 Å². The third-order valence-corrected chi connectivity index (χ3v) is 5.03. The number of aryl methyl sites for hydroxylation is 3. The van der Waals surface area contributed by atoms with Gasteiger partial charge in [-0.1, -0.05) is 6.92 Å². The molecule has 0 aromatic carbocycles. The van der Waals surface area contributed by atoms with Gasteiger partial charge in [0.05, 0.1) is 11.4 Å². The van der Waals surface area contributed by atoms with Gasteiger partial charge in [0.1, 0.15) is 4.90 Å². The lowest BCUT2D eigenvalue weighted by atomic mass is 10.1. The lowest BCUT2D eigenvalue weighted by Gasteiger charge is -2.05. The lowest BCUT2D eigenvalue weighted by Crippen LogP contribution is -2.13. The summed E-state index contributed by atoms with van der Waals surface area (Å²) in [5, 5.41) is 14.1. The Morgan fingerprint density at radius 2 is 1.88 bits per heavy atom. The molecule has 3 heterocycles. The van der Waals surface area contributed by atoms with E-state index in [-0.39, 0.29) is 10.5 Å². The van der Waals surface area contributed by atoms with Crippen molar-refractivity contribution in [3.8, 4) is 11.1 Å². The van der Waals surface area contributed by atoms with Crippen LogP contribution in [0.15, 0.2) is 17.3 Å². The van der Waals surface area contributed by atoms with E-state index in [0.29, 0.717) is 5.69 Å². The van der Waals surface area contributed by atoms with Gasteiger partial charge in [-0.25, -0.2) is 23.1 Å². The first-order chi connectivity index (χ1) is 11.2. The van der Waals surface area contributed by atoms with Gasteiger partial charge in [0, 0.05) is 35.8 Å². The SMILES string of the molecule is CCCn1nc(C)c(-c2cnc3c(S(N)(=O)=O)c(C)nn3c2)c1C. The van der Waals surface area contributed by atoms with Crippen LogP contribution in [0.2, 0.25) is 0 Å². The monoisotopic (exact) mass is 348 g/mol. The molecule has 0 aliphatic heterocycles. The summed E-state index contributed by atoms with van der Waals surface area (Å²) in [6, 6.07) is 0. The van der Waals surface area contributed by atoms with Crippen LogP contribution in [0.4, 0.5) is 0 Å². The molecule has 3 rings (SSSR count). The Kier molecular flexibility index (Phi) is 3.92. The van der Waals surface area contributed by atoms with Gasteiger partial charge in [0.2, 0.25) is 10.0 Å². The van der Waals surface area contributed by atoms with Gasteiger partial charge >= 0.3 is 0 Å². The molecular weight excluding hydrogens is 328 g/mol. The van der Waals surface area contributed by atoms with Crippen molar-refractivity contribution in [2.45, 2.75) is 45.6 Å². The number of primary sulfonamides is 1. The van der Waals surface area contributed by atoms with Gasteiger partial charge in [-0.05, 0) is 27.2 Å². The Morgan fingerprint density at radius 3 is 2.50 bits per heavy atom. The van der Waals surface area contributed by atoms with Crippen molar-refractivity contribution in [2.75, 3.05) is 0 Å². The molecule has 0 amide bonds. The Labute approximate surface area is 140 Å². The zero-order valence-electron chi connectivity index (χ0n) is 14.1. The normalized spacial score (nSPS) is 12.2. The van der Waals surface area contributed by atoms with Crippen LogP contribution in [0.3, 0.4) is 0 Å². The number of nitrogens with two attached hydrogens (primary N) is 1. The van der Waals surface area contributed by atoms with Gasteiger partial charge in [-0.15, -0.1) is 0 Å². The van der Waals surface area contributed by atoms with E-state index in [2.05, 4.69) is 22.1 Å². The molecule has 8 nitrogen and oxygen atoms in total. The fourth-order valence-electron chi connectivity index (χ4n) is 3.03. The maximum atomic E-state index is 11.7. The zero-order valence-corrected chi connectivity index (χ0v) is 14.9. The summed E-state index contributed by atoms with van der Waals surface area (Å²) < 4.78 is 26.9. The van der Waals surface area contributed by atoms with Crippen molar-refractivity contribution in [3.63, 3.8) is 0 Å². The summed E-state index contributed by atoms with van der Waals surface area (Å²) >= 11 is 0. The van der Waals surface area contributed by atoms with Crippen LogP contribution in [-0.4, -0.2) is 32.8 Å². The highest BCUT2D eigenvalue weighted by atomic mass is 32.2. The first-order valence-corrected chi connectivity index (χ1v) is 9.20. The van der Waals surface area contributed by atoms with Crippen molar-refractivity contribution in [3.05, 3.63) is 29.5 Å². The standard InChI is InChI=1S/C15H20N6O2S/c1-5-6-20-11(4)13(9(2)18-20)12-7-17-15-14(24(16,22)23)10(3)19-21(15)8-12/h7-8H,5-6H2,1-4H3,(H2,16,22,23). The molecule has 0 aliphatic carbocycles. The summed E-state index contributed by atoms with van der Waals surface area (Å²) in [6.07, 6.45) is 4.39. The maximum Gasteiger partial charge on any atom is 0.243 e. The number of nitrogens with zero attached hydrogens (tertiary/aromatic N) is 5. The van der Waals surface area contributed by atoms with Crippen LogP contribution in [0, 0.1) is 20.8 Å². The van der Waals surface area contributed by atoms with Crippen LogP contribution in [-0.2, 0) is 16.6 Å². The molecule has 128 valence electrons. The van der Waals surface area contributed by atoms with Crippen LogP contribution in [0.5, 0.6) is 0 Å². The first-order valence-electron chi connectivity index (χ1n) is 7.66. The molecular formula is C15H20N6O2S. The van der Waals surface area contributed by atoms with E-state index in [1.165, 1.54) is 4.52 Å². The molecule has 0 spiro atoms. The molecule has 0 saturated carbocycles. The summed E-state index contributed by atoms with van der Waals surface area (Å²) in [4.78, 5) is 4.25. The second-order valence-electron chi connectivity index (χ2n) is 5.84. The van der Waals surface area contributed by atoms with Gasteiger partial charge < -0.3 is 0 Å². The number of rotatable bonds is 4. The highest BCUT2D eigenvalue weighted by Crippen LogP contribution is 2.28. The molecule has 0 bridgehead atoms. The van der Waals surface area contributed by atoms with Crippen LogP contribution >= 0.6 is 0 Å². The van der Waals surface area contributed by atoms with Crippen molar-refractivity contribution >= 4 is 15.7 Å². The van der Waals surface area contributed by atoms with E-state index in [1.807, 2.05) is 18.5 Å². The third-order valence-electron chi connectivity index (χ3n) is 3.98. The Hall–Kier alpha value is -2.26. The predicted molar refractivity (Wildman–Crippen MR) is 90.1 cm³/mol. The number of fused-ring (bicyclic) bond motifs is 1. The van der Waals surface area contributed by atoms with E-state index in [0.717, 1.165) is 35.5 Å². The molecule has 0 atom stereocenters. The van der Waals surface area contributed by atoms with Crippen molar-refractivity contribution in [1.29, 1.82) is 0 Å². The molecule has 3 aromatic heterocycles. The average Bonchev–Trinajstić information content (AvgIpc) is 2.94. The molecule has 0 fully saturated rings. The molecule has 3 aromatic rings. The molecule has 2 N–H and O–H groups in total. The number of aromatic nitrogens is 5. The predicted octanol–water partition coefficient (Wildman–Crippen LogP) is 1.58. The van der Waals surface area contributed by atoms with Gasteiger partial charge in [0.25, 0.3) is 0 Å². The quantitative estimate of drug-likeness (QED) is 0.770. The lowest BCUT2D eigenvalue weighted by molar-refractivity contribution is 0.583. The van der Waals surface area contributed by atoms with Gasteiger partial charge in [-0.3, -0.25) is 4.68 Å². The smallest absolute Gasteiger partial charge is 0.243 e. The Balaban J connectivity index is 2.20. The van der Waals surface area contributed by atoms with Crippen molar-refractivity contribution in [1.82, 2.24) is 24.4 Å². The molecule has 0 unspecified atom stereocenters. The number of hydrogen-bond donors (Lipinski definition) is 1. The topological polar surface area (TPSA) is 108 Å². The zero-order chi connectivity index (χ0) is 17.6. The second kappa shape index (κ2) is 5.67. The minimum Gasteiger partial charge on any atom is -0.269 e. The maximum absolute atomic E-state index is 11.7. The van der Waals surface area contributed by atoms with E-state index in [1.54, 1.807) is 19.3 Å². The van der Waals surface area contributed by atoms with E-state index in [4.69, 9.17) is 5.14 Å². The number of sulfonamides is 1. The second-order valence-corrected chi connectivity index (χ2v) is 7.34. The third kappa shape index (κ3) is 2.59. The fraction of sp³-hybridized carbons (Fsp3) is 0.400. The van der Waals surface area contributed by atoms with Gasteiger partial charge in [-0.2, -0.15) is 10.2 Å². The summed E-state index contributed by atoms with van der Waals surface area (Å²) in [5.41, 5.74) is 4.34. The van der Waals surface area contributed by atoms with Crippen molar-refractivity contribution < 1.29 is 8.42 Å².